The van der Waals surface area contributed by atoms with Gasteiger partial charge in [-0.25, -0.2) is 4.98 Å². The van der Waals surface area contributed by atoms with Crippen LogP contribution in [0.2, 0.25) is 0 Å². The van der Waals surface area contributed by atoms with Gasteiger partial charge in [-0.15, -0.1) is 0 Å². The van der Waals surface area contributed by atoms with Crippen molar-refractivity contribution in [2.24, 2.45) is 5.92 Å². The van der Waals surface area contributed by atoms with Crippen LogP contribution in [0.1, 0.15) is 32.3 Å². The Hall–Kier alpha value is -1.05. The summed E-state index contributed by atoms with van der Waals surface area (Å²) in [5.74, 6) is 1.76. The highest BCUT2D eigenvalue weighted by molar-refractivity contribution is 5.40. The van der Waals surface area contributed by atoms with Crippen molar-refractivity contribution in [2.75, 3.05) is 5.73 Å². The Labute approximate surface area is 73.8 Å². The number of nitrogens with two attached hydrogens (primary N) is 1. The summed E-state index contributed by atoms with van der Waals surface area (Å²) in [5.41, 5.74) is 6.91. The average molecular weight is 164 g/mol. The molecule has 0 aliphatic carbocycles. The number of anilines is 1. The highest BCUT2D eigenvalue weighted by Gasteiger charge is 2.12. The summed E-state index contributed by atoms with van der Waals surface area (Å²) in [6.45, 7) is 6.56. The van der Waals surface area contributed by atoms with E-state index in [-0.39, 0.29) is 0 Å². The summed E-state index contributed by atoms with van der Waals surface area (Å²) in [6, 6.07) is 3.98. The fraction of sp³-hybridized carbons (Fsp3) is 0.500. The highest BCUT2D eigenvalue weighted by Crippen LogP contribution is 2.26. The van der Waals surface area contributed by atoms with E-state index in [1.165, 1.54) is 0 Å². The van der Waals surface area contributed by atoms with Gasteiger partial charge in [-0.3, -0.25) is 0 Å². The molecule has 0 fully saturated rings. The molecule has 12 heavy (non-hydrogen) atoms. The van der Waals surface area contributed by atoms with Gasteiger partial charge < -0.3 is 5.73 Å². The SMILES string of the molecule is CC(C)[C@@H](C)c1cccnc1N. The first-order chi connectivity index (χ1) is 5.63. The van der Waals surface area contributed by atoms with E-state index >= 15 is 0 Å². The first-order valence-electron chi connectivity index (χ1n) is 4.33. The lowest BCUT2D eigenvalue weighted by Gasteiger charge is -2.16. The van der Waals surface area contributed by atoms with Crippen LogP contribution in [0, 0.1) is 5.92 Å². The second-order valence-corrected chi connectivity index (χ2v) is 3.51. The van der Waals surface area contributed by atoms with Gasteiger partial charge in [0.25, 0.3) is 0 Å². The lowest BCUT2D eigenvalue weighted by Crippen LogP contribution is -2.06. The maximum Gasteiger partial charge on any atom is 0.126 e. The highest BCUT2D eigenvalue weighted by atomic mass is 14.8. The molecule has 1 aromatic heterocycles. The second-order valence-electron chi connectivity index (χ2n) is 3.51. The van der Waals surface area contributed by atoms with Gasteiger partial charge in [0.2, 0.25) is 0 Å². The molecule has 66 valence electrons. The van der Waals surface area contributed by atoms with Gasteiger partial charge in [0, 0.05) is 6.20 Å². The van der Waals surface area contributed by atoms with Gasteiger partial charge >= 0.3 is 0 Å². The third-order valence-electron chi connectivity index (χ3n) is 2.36. The first-order valence-corrected chi connectivity index (χ1v) is 4.33. The van der Waals surface area contributed by atoms with E-state index in [9.17, 15) is 0 Å². The number of rotatable bonds is 2. The van der Waals surface area contributed by atoms with Crippen molar-refractivity contribution in [3.63, 3.8) is 0 Å². The average Bonchev–Trinajstić information content (AvgIpc) is 2.04. The molecule has 2 heteroatoms. The Morgan fingerprint density at radius 2 is 2.00 bits per heavy atom. The van der Waals surface area contributed by atoms with Crippen LogP contribution in [0.3, 0.4) is 0 Å². The molecule has 0 amide bonds. The van der Waals surface area contributed by atoms with E-state index in [0.717, 1.165) is 5.56 Å². The Balaban J connectivity index is 2.94. The van der Waals surface area contributed by atoms with E-state index < -0.39 is 0 Å². The molecule has 2 N–H and O–H groups in total. The zero-order valence-electron chi connectivity index (χ0n) is 7.91. The molecule has 0 aromatic carbocycles. The summed E-state index contributed by atoms with van der Waals surface area (Å²) >= 11 is 0. The minimum atomic E-state index is 0.485. The quantitative estimate of drug-likeness (QED) is 0.729. The molecule has 1 heterocycles. The van der Waals surface area contributed by atoms with Crippen molar-refractivity contribution >= 4 is 5.82 Å². The van der Waals surface area contributed by atoms with E-state index in [1.807, 2.05) is 12.1 Å². The number of nitrogen functional groups attached to an aromatic ring is 1. The van der Waals surface area contributed by atoms with Crippen LogP contribution in [0.4, 0.5) is 5.82 Å². The fourth-order valence-electron chi connectivity index (χ4n) is 1.17. The Kier molecular flexibility index (Phi) is 2.69. The van der Waals surface area contributed by atoms with Crippen LogP contribution in [0.25, 0.3) is 0 Å². The molecule has 1 atom stereocenters. The third-order valence-corrected chi connectivity index (χ3v) is 2.36. The monoisotopic (exact) mass is 164 g/mol. The van der Waals surface area contributed by atoms with Crippen LogP contribution in [0.5, 0.6) is 0 Å². The van der Waals surface area contributed by atoms with Crippen molar-refractivity contribution in [3.05, 3.63) is 23.9 Å². The Bertz CT molecular complexity index is 256. The fourth-order valence-corrected chi connectivity index (χ4v) is 1.17. The molecule has 2 nitrogen and oxygen atoms in total. The number of pyridine rings is 1. The van der Waals surface area contributed by atoms with Gasteiger partial charge in [-0.2, -0.15) is 0 Å². The summed E-state index contributed by atoms with van der Waals surface area (Å²) in [5, 5.41) is 0. The third kappa shape index (κ3) is 1.76. The van der Waals surface area contributed by atoms with Crippen LogP contribution >= 0.6 is 0 Å². The first kappa shape index (κ1) is 9.04. The predicted octanol–water partition coefficient (Wildman–Crippen LogP) is 2.42. The van der Waals surface area contributed by atoms with Gasteiger partial charge in [0.1, 0.15) is 5.82 Å². The molecular weight excluding hydrogens is 148 g/mol. The molecule has 0 unspecified atom stereocenters. The van der Waals surface area contributed by atoms with Crippen molar-refractivity contribution in [1.82, 2.24) is 4.98 Å². The largest absolute Gasteiger partial charge is 0.383 e. The number of hydrogen-bond acceptors (Lipinski definition) is 2. The van der Waals surface area contributed by atoms with Gasteiger partial charge in [-0.05, 0) is 23.5 Å². The second kappa shape index (κ2) is 3.57. The van der Waals surface area contributed by atoms with E-state index in [0.29, 0.717) is 17.7 Å². The van der Waals surface area contributed by atoms with E-state index in [2.05, 4.69) is 25.8 Å². The van der Waals surface area contributed by atoms with Crippen LogP contribution in [0.15, 0.2) is 18.3 Å². The minimum Gasteiger partial charge on any atom is -0.383 e. The van der Waals surface area contributed by atoms with Crippen LogP contribution < -0.4 is 5.73 Å². The molecule has 0 saturated heterocycles. The molecule has 0 radical (unpaired) electrons. The lowest BCUT2D eigenvalue weighted by atomic mass is 9.91. The zero-order valence-corrected chi connectivity index (χ0v) is 7.91. The molecule has 1 aromatic rings. The predicted molar refractivity (Wildman–Crippen MR) is 51.9 cm³/mol. The molecular formula is C10H16N2. The molecule has 0 aliphatic heterocycles. The maximum atomic E-state index is 5.75. The zero-order chi connectivity index (χ0) is 9.14. The number of hydrogen-bond donors (Lipinski definition) is 1. The van der Waals surface area contributed by atoms with Crippen molar-refractivity contribution < 1.29 is 0 Å². The molecule has 0 bridgehead atoms. The van der Waals surface area contributed by atoms with Crippen molar-refractivity contribution in [3.8, 4) is 0 Å². The topological polar surface area (TPSA) is 38.9 Å². The number of aromatic nitrogens is 1. The molecule has 1 rings (SSSR count). The van der Waals surface area contributed by atoms with Crippen molar-refractivity contribution in [2.45, 2.75) is 26.7 Å². The Morgan fingerprint density at radius 1 is 1.33 bits per heavy atom. The summed E-state index contributed by atoms with van der Waals surface area (Å²) in [6.07, 6.45) is 1.73. The van der Waals surface area contributed by atoms with E-state index in [1.54, 1.807) is 6.20 Å². The van der Waals surface area contributed by atoms with Gasteiger partial charge in [-0.1, -0.05) is 26.8 Å². The van der Waals surface area contributed by atoms with E-state index in [4.69, 9.17) is 5.73 Å². The van der Waals surface area contributed by atoms with Crippen LogP contribution in [-0.4, -0.2) is 4.98 Å². The standard InChI is InChI=1S/C10H16N2/c1-7(2)8(3)9-5-4-6-12-10(9)11/h4-8H,1-3H3,(H2,11,12)/t8-/m1/s1. The normalized spacial score (nSPS) is 13.3. The summed E-state index contributed by atoms with van der Waals surface area (Å²) < 4.78 is 0. The van der Waals surface area contributed by atoms with Gasteiger partial charge in [0.05, 0.1) is 0 Å². The lowest BCUT2D eigenvalue weighted by molar-refractivity contribution is 0.535. The summed E-state index contributed by atoms with van der Waals surface area (Å²) in [4.78, 5) is 4.06. The van der Waals surface area contributed by atoms with Gasteiger partial charge in [0.15, 0.2) is 0 Å². The smallest absolute Gasteiger partial charge is 0.126 e. The minimum absolute atomic E-state index is 0.485. The Morgan fingerprint density at radius 3 is 2.50 bits per heavy atom. The maximum absolute atomic E-state index is 5.75. The molecule has 0 saturated carbocycles. The molecule has 0 spiro atoms. The molecule has 0 aliphatic rings. The summed E-state index contributed by atoms with van der Waals surface area (Å²) in [7, 11) is 0. The van der Waals surface area contributed by atoms with Crippen molar-refractivity contribution in [1.29, 1.82) is 0 Å². The number of nitrogens with zero attached hydrogens (tertiary/aromatic N) is 1. The van der Waals surface area contributed by atoms with Crippen LogP contribution in [-0.2, 0) is 0 Å².